The van der Waals surface area contributed by atoms with E-state index >= 15 is 0 Å². The van der Waals surface area contributed by atoms with Gasteiger partial charge in [0.25, 0.3) is 5.91 Å². The number of nitrogens with zero attached hydrogens (tertiary/aromatic N) is 1. The number of amides is 1. The Morgan fingerprint density at radius 1 is 0.757 bits per heavy atom. The molecule has 1 amide bonds. The number of aromatic nitrogens is 1. The molecular formula is C27H25N3O6S. The number of methoxy groups -OCH3 is 4. The van der Waals surface area contributed by atoms with E-state index in [0.717, 1.165) is 5.39 Å². The van der Waals surface area contributed by atoms with Crippen LogP contribution in [0.15, 0.2) is 66.9 Å². The fraction of sp³-hybridized carbons (Fsp3) is 0.148. The lowest BCUT2D eigenvalue weighted by Crippen LogP contribution is -2.34. The molecule has 4 rings (SSSR count). The Morgan fingerprint density at radius 3 is 2.08 bits per heavy atom. The van der Waals surface area contributed by atoms with Crippen molar-refractivity contribution in [3.8, 4) is 34.5 Å². The first kappa shape index (κ1) is 25.5. The monoisotopic (exact) mass is 519 g/mol. The molecule has 0 spiro atoms. The maximum absolute atomic E-state index is 12.6. The van der Waals surface area contributed by atoms with Crippen molar-refractivity contribution in [1.29, 1.82) is 0 Å². The van der Waals surface area contributed by atoms with Gasteiger partial charge in [-0.2, -0.15) is 0 Å². The molecule has 2 N–H and O–H groups in total. The third kappa shape index (κ3) is 5.81. The van der Waals surface area contributed by atoms with Gasteiger partial charge < -0.3 is 29.0 Å². The third-order valence-electron chi connectivity index (χ3n) is 5.42. The summed E-state index contributed by atoms with van der Waals surface area (Å²) in [6.45, 7) is 0. The standard InChI is InChI=1S/C27H25N3O6S/c1-32-22-10-5-16(13-23(22)33-2)26(31)30-27(37)29-17-6-8-18(9-7-17)36-21-11-12-28-20-15-25(35-4)24(34-3)14-19(20)21/h5-15H,1-4H3,(H2,29,30,31,37). The normalized spacial score (nSPS) is 10.4. The molecule has 0 saturated heterocycles. The zero-order chi connectivity index (χ0) is 26.4. The summed E-state index contributed by atoms with van der Waals surface area (Å²) in [7, 11) is 6.19. The fourth-order valence-corrected chi connectivity index (χ4v) is 3.80. The van der Waals surface area contributed by atoms with Crippen LogP contribution in [0.3, 0.4) is 0 Å². The van der Waals surface area contributed by atoms with Gasteiger partial charge in [-0.15, -0.1) is 0 Å². The Bertz CT molecular complexity index is 1440. The van der Waals surface area contributed by atoms with Crippen LogP contribution in [0.4, 0.5) is 5.69 Å². The smallest absolute Gasteiger partial charge is 0.257 e. The zero-order valence-electron chi connectivity index (χ0n) is 20.7. The summed E-state index contributed by atoms with van der Waals surface area (Å²) in [5.74, 6) is 2.98. The van der Waals surface area contributed by atoms with Gasteiger partial charge in [-0.1, -0.05) is 0 Å². The van der Waals surface area contributed by atoms with Crippen LogP contribution in [0.25, 0.3) is 10.9 Å². The number of carbonyl (C=O) groups excluding carboxylic acids is 1. The summed E-state index contributed by atoms with van der Waals surface area (Å²) >= 11 is 5.30. The predicted molar refractivity (Wildman–Crippen MR) is 145 cm³/mol. The first-order valence-electron chi connectivity index (χ1n) is 11.1. The number of benzene rings is 3. The van der Waals surface area contributed by atoms with Gasteiger partial charge in [-0.05, 0) is 66.8 Å². The van der Waals surface area contributed by atoms with Gasteiger partial charge in [0.15, 0.2) is 28.1 Å². The van der Waals surface area contributed by atoms with Crippen LogP contribution in [0, 0.1) is 0 Å². The Hall–Kier alpha value is -4.57. The second-order valence-corrected chi connectivity index (χ2v) is 8.05. The van der Waals surface area contributed by atoms with E-state index in [2.05, 4.69) is 15.6 Å². The van der Waals surface area contributed by atoms with Crippen molar-refractivity contribution in [2.24, 2.45) is 0 Å². The van der Waals surface area contributed by atoms with Crippen LogP contribution in [0.5, 0.6) is 34.5 Å². The summed E-state index contributed by atoms with van der Waals surface area (Å²) in [6.07, 6.45) is 1.67. The van der Waals surface area contributed by atoms with E-state index < -0.39 is 0 Å². The second kappa shape index (κ2) is 11.4. The number of carbonyl (C=O) groups is 1. The lowest BCUT2D eigenvalue weighted by atomic mass is 10.2. The number of hydrogen-bond acceptors (Lipinski definition) is 8. The molecule has 3 aromatic carbocycles. The van der Waals surface area contributed by atoms with Crippen molar-refractivity contribution >= 4 is 39.8 Å². The first-order chi connectivity index (χ1) is 17.9. The minimum Gasteiger partial charge on any atom is -0.493 e. The maximum Gasteiger partial charge on any atom is 0.257 e. The molecule has 190 valence electrons. The minimum atomic E-state index is -0.380. The summed E-state index contributed by atoms with van der Waals surface area (Å²) in [5.41, 5.74) is 1.77. The Kier molecular flexibility index (Phi) is 7.89. The number of anilines is 1. The van der Waals surface area contributed by atoms with Crippen molar-refractivity contribution in [1.82, 2.24) is 10.3 Å². The Balaban J connectivity index is 1.42. The molecule has 0 atom stereocenters. The number of nitrogens with one attached hydrogen (secondary N) is 2. The van der Waals surface area contributed by atoms with Crippen LogP contribution in [-0.4, -0.2) is 44.4 Å². The van der Waals surface area contributed by atoms with Crippen LogP contribution >= 0.6 is 12.2 Å². The van der Waals surface area contributed by atoms with E-state index in [-0.39, 0.29) is 11.0 Å². The number of hydrogen-bond donors (Lipinski definition) is 2. The average molecular weight is 520 g/mol. The second-order valence-electron chi connectivity index (χ2n) is 7.64. The maximum atomic E-state index is 12.6. The van der Waals surface area contributed by atoms with Crippen LogP contribution in [0.1, 0.15) is 10.4 Å². The molecule has 0 aliphatic heterocycles. The average Bonchev–Trinajstić information content (AvgIpc) is 2.92. The highest BCUT2D eigenvalue weighted by molar-refractivity contribution is 7.80. The number of fused-ring (bicyclic) bond motifs is 1. The molecule has 1 heterocycles. The van der Waals surface area contributed by atoms with E-state index in [4.69, 9.17) is 35.9 Å². The predicted octanol–water partition coefficient (Wildman–Crippen LogP) is 5.19. The molecular weight excluding hydrogens is 494 g/mol. The Labute approximate surface area is 219 Å². The SMILES string of the molecule is COc1ccc(C(=O)NC(=S)Nc2ccc(Oc3ccnc4cc(OC)c(OC)cc34)cc2)cc1OC. The highest BCUT2D eigenvalue weighted by Crippen LogP contribution is 2.37. The molecule has 4 aromatic rings. The molecule has 0 aliphatic carbocycles. The summed E-state index contributed by atoms with van der Waals surface area (Å²) < 4.78 is 27.3. The van der Waals surface area contributed by atoms with E-state index in [9.17, 15) is 4.79 Å². The molecule has 1 aromatic heterocycles. The quantitative estimate of drug-likeness (QED) is 0.305. The molecule has 10 heteroatoms. The van der Waals surface area contributed by atoms with Crippen molar-refractivity contribution < 1.29 is 28.5 Å². The van der Waals surface area contributed by atoms with E-state index in [1.807, 2.05) is 6.07 Å². The molecule has 0 unspecified atom stereocenters. The first-order valence-corrected chi connectivity index (χ1v) is 11.5. The fourth-order valence-electron chi connectivity index (χ4n) is 3.58. The van der Waals surface area contributed by atoms with Gasteiger partial charge in [-0.3, -0.25) is 15.1 Å². The van der Waals surface area contributed by atoms with Crippen molar-refractivity contribution in [2.75, 3.05) is 33.8 Å². The van der Waals surface area contributed by atoms with Gasteiger partial charge >= 0.3 is 0 Å². The number of rotatable bonds is 8. The van der Waals surface area contributed by atoms with Crippen molar-refractivity contribution in [3.63, 3.8) is 0 Å². The number of ether oxygens (including phenoxy) is 5. The van der Waals surface area contributed by atoms with Crippen molar-refractivity contribution in [2.45, 2.75) is 0 Å². The molecule has 0 bridgehead atoms. The number of thiocarbonyl (C=S) groups is 1. The topological polar surface area (TPSA) is 100 Å². The van der Waals surface area contributed by atoms with Crippen LogP contribution in [0.2, 0.25) is 0 Å². The van der Waals surface area contributed by atoms with E-state index in [1.165, 1.54) is 14.2 Å². The van der Waals surface area contributed by atoms with Crippen molar-refractivity contribution in [3.05, 3.63) is 72.4 Å². The zero-order valence-corrected chi connectivity index (χ0v) is 21.5. The van der Waals surface area contributed by atoms with E-state index in [0.29, 0.717) is 51.3 Å². The lowest BCUT2D eigenvalue weighted by molar-refractivity contribution is 0.0977. The molecule has 0 aliphatic rings. The molecule has 0 radical (unpaired) electrons. The third-order valence-corrected chi connectivity index (χ3v) is 5.62. The Morgan fingerprint density at radius 2 is 1.41 bits per heavy atom. The largest absolute Gasteiger partial charge is 0.493 e. The van der Waals surface area contributed by atoms with Gasteiger partial charge in [0.2, 0.25) is 0 Å². The molecule has 0 fully saturated rings. The molecule has 0 saturated carbocycles. The van der Waals surface area contributed by atoms with Gasteiger partial charge in [0.1, 0.15) is 11.5 Å². The van der Waals surface area contributed by atoms with Crippen LogP contribution < -0.4 is 34.3 Å². The van der Waals surface area contributed by atoms with Gasteiger partial charge in [0.05, 0.1) is 34.0 Å². The highest BCUT2D eigenvalue weighted by Gasteiger charge is 2.13. The minimum absolute atomic E-state index is 0.148. The molecule has 9 nitrogen and oxygen atoms in total. The summed E-state index contributed by atoms with van der Waals surface area (Å²) in [5, 5.41) is 6.57. The number of pyridine rings is 1. The van der Waals surface area contributed by atoms with Gasteiger partial charge in [-0.25, -0.2) is 0 Å². The molecule has 37 heavy (non-hydrogen) atoms. The summed E-state index contributed by atoms with van der Waals surface area (Å²) in [6, 6.07) is 17.4. The van der Waals surface area contributed by atoms with Gasteiger partial charge in [0, 0.05) is 28.9 Å². The summed E-state index contributed by atoms with van der Waals surface area (Å²) in [4.78, 5) is 17.0. The lowest BCUT2D eigenvalue weighted by Gasteiger charge is -2.13. The van der Waals surface area contributed by atoms with E-state index in [1.54, 1.807) is 75.0 Å². The van der Waals surface area contributed by atoms with Crippen LogP contribution in [-0.2, 0) is 0 Å². The highest BCUT2D eigenvalue weighted by atomic mass is 32.1.